The molecule has 0 aromatic heterocycles. The minimum atomic E-state index is -0.625. The maximum absolute atomic E-state index is 13.7. The molecule has 0 fully saturated rings. The van der Waals surface area contributed by atoms with Gasteiger partial charge in [0.05, 0.1) is 19.2 Å². The number of ether oxygens (including phenoxy) is 1. The molecule has 0 N–H and O–H groups in total. The van der Waals surface area contributed by atoms with E-state index in [9.17, 15) is 5.21 Å². The molecule has 2 aliphatic heterocycles. The van der Waals surface area contributed by atoms with Crippen molar-refractivity contribution in [1.29, 1.82) is 0 Å². The second kappa shape index (κ2) is 6.95. The number of hydroxylamine groups is 1. The summed E-state index contributed by atoms with van der Waals surface area (Å²) in [4.78, 5) is 4.51. The number of hydrogen-bond donors (Lipinski definition) is 0. The van der Waals surface area contributed by atoms with Crippen molar-refractivity contribution >= 4 is 23.2 Å². The van der Waals surface area contributed by atoms with Crippen LogP contribution in [0.15, 0.2) is 45.2 Å². The first-order valence-corrected chi connectivity index (χ1v) is 10.2. The third-order valence-corrected chi connectivity index (χ3v) is 6.76. The topological polar surface area (TPSA) is 47.9 Å². The van der Waals surface area contributed by atoms with Gasteiger partial charge in [0.25, 0.3) is 0 Å². The van der Waals surface area contributed by atoms with Gasteiger partial charge in [-0.3, -0.25) is 4.90 Å². The molecule has 5 nitrogen and oxygen atoms in total. The molecule has 1 unspecified atom stereocenters. The van der Waals surface area contributed by atoms with Crippen molar-refractivity contribution in [3.63, 3.8) is 0 Å². The summed E-state index contributed by atoms with van der Waals surface area (Å²) in [5.41, 5.74) is 4.82. The largest absolute Gasteiger partial charge is 0.599 e. The average molecular weight is 384 g/mol. The number of fused-ring (bicyclic) bond motifs is 2. The lowest BCUT2D eigenvalue weighted by molar-refractivity contribution is 0.261. The zero-order valence-electron chi connectivity index (χ0n) is 16.3. The number of methoxy groups -OCH3 is 1. The Morgan fingerprint density at radius 3 is 2.67 bits per heavy atom. The van der Waals surface area contributed by atoms with Crippen molar-refractivity contribution in [2.75, 3.05) is 33.3 Å². The predicted molar refractivity (Wildman–Crippen MR) is 112 cm³/mol. The molecule has 2 heterocycles. The van der Waals surface area contributed by atoms with E-state index in [-0.39, 0.29) is 0 Å². The van der Waals surface area contributed by atoms with Crippen LogP contribution in [0.4, 0.5) is 5.69 Å². The Morgan fingerprint density at radius 1 is 1.19 bits per heavy atom. The Morgan fingerprint density at radius 2 is 1.96 bits per heavy atom. The van der Waals surface area contributed by atoms with Crippen LogP contribution in [0.5, 0.6) is 5.75 Å². The molecule has 0 bridgehead atoms. The lowest BCUT2D eigenvalue weighted by atomic mass is 9.98. The summed E-state index contributed by atoms with van der Waals surface area (Å²) < 4.78 is 4.76. The Labute approximate surface area is 164 Å². The van der Waals surface area contributed by atoms with Crippen LogP contribution in [0, 0.1) is 12.1 Å². The monoisotopic (exact) mass is 383 g/mol. The van der Waals surface area contributed by atoms with Gasteiger partial charge in [-0.2, -0.15) is 4.76 Å². The third kappa shape index (κ3) is 2.97. The van der Waals surface area contributed by atoms with Crippen LogP contribution in [-0.2, 0) is 0 Å². The standard InChI is InChI=1S/C21H25N3O2S/c1-5-23(6-2)11-12-24(25)17-10-7-14(3)21-19(17)20(22-24)16-9-8-15(26-4)13-18(16)27-21/h7-10,13H,5-6,11-12H2,1-4H3. The highest BCUT2D eigenvalue weighted by Crippen LogP contribution is 2.50. The summed E-state index contributed by atoms with van der Waals surface area (Å²) in [5, 5.41) is 18.5. The number of quaternary nitrogens is 1. The van der Waals surface area contributed by atoms with Gasteiger partial charge in [-0.05, 0) is 43.8 Å². The second-order valence-corrected chi connectivity index (χ2v) is 8.02. The molecule has 6 heteroatoms. The van der Waals surface area contributed by atoms with E-state index >= 15 is 0 Å². The van der Waals surface area contributed by atoms with E-state index < -0.39 is 4.76 Å². The highest BCUT2D eigenvalue weighted by Gasteiger charge is 2.41. The van der Waals surface area contributed by atoms with E-state index in [1.165, 1.54) is 5.56 Å². The fourth-order valence-corrected chi connectivity index (χ4v) is 4.99. The van der Waals surface area contributed by atoms with E-state index in [1.54, 1.807) is 18.9 Å². The molecule has 0 aliphatic carbocycles. The van der Waals surface area contributed by atoms with Crippen LogP contribution in [0.3, 0.4) is 0 Å². The summed E-state index contributed by atoms with van der Waals surface area (Å²) in [6.07, 6.45) is 0. The van der Waals surface area contributed by atoms with E-state index in [0.717, 1.165) is 57.7 Å². The van der Waals surface area contributed by atoms with Crippen molar-refractivity contribution < 1.29 is 4.74 Å². The van der Waals surface area contributed by atoms with Crippen molar-refractivity contribution in [1.82, 2.24) is 9.66 Å². The number of likely N-dealkylation sites (N-methyl/N-ethyl adjacent to an activating group) is 1. The van der Waals surface area contributed by atoms with Gasteiger partial charge in [0.2, 0.25) is 0 Å². The first kappa shape index (κ1) is 18.5. The molecular weight excluding hydrogens is 358 g/mol. The zero-order chi connectivity index (χ0) is 19.2. The molecule has 0 saturated carbocycles. The number of nitrogens with zero attached hydrogens (tertiary/aromatic N) is 3. The molecule has 0 saturated heterocycles. The fraction of sp³-hybridized carbons (Fsp3) is 0.381. The first-order valence-electron chi connectivity index (χ1n) is 9.43. The van der Waals surface area contributed by atoms with E-state index in [4.69, 9.17) is 9.84 Å². The SMILES string of the molecule is CCN(CC)CC[N+]1([O-])N=C2c3ccc(OC)cc3Sc3c(C)ccc1c32. The van der Waals surface area contributed by atoms with Crippen molar-refractivity contribution in [3.8, 4) is 5.75 Å². The zero-order valence-corrected chi connectivity index (χ0v) is 17.1. The normalized spacial score (nSPS) is 19.7. The third-order valence-electron chi connectivity index (χ3n) is 5.48. The maximum atomic E-state index is 13.7. The fourth-order valence-electron chi connectivity index (χ4n) is 3.79. The Kier molecular flexibility index (Phi) is 4.76. The van der Waals surface area contributed by atoms with Gasteiger partial charge in [-0.15, -0.1) is 0 Å². The van der Waals surface area contributed by atoms with Crippen LogP contribution in [0.1, 0.15) is 30.5 Å². The average Bonchev–Trinajstić information content (AvgIpc) is 2.98. The summed E-state index contributed by atoms with van der Waals surface area (Å²) in [7, 11) is 1.67. The molecular formula is C21H25N3O2S. The van der Waals surface area contributed by atoms with Crippen LogP contribution < -0.4 is 9.49 Å². The van der Waals surface area contributed by atoms with E-state index in [2.05, 4.69) is 25.7 Å². The van der Waals surface area contributed by atoms with Crippen LogP contribution >= 0.6 is 11.8 Å². The van der Waals surface area contributed by atoms with Gasteiger partial charge in [0.1, 0.15) is 18.0 Å². The highest BCUT2D eigenvalue weighted by atomic mass is 32.2. The molecule has 0 spiro atoms. The Hall–Kier alpha value is -1.86. The number of rotatable bonds is 6. The minimum absolute atomic E-state index is 0.427. The summed E-state index contributed by atoms with van der Waals surface area (Å²) in [6.45, 7) is 9.39. The van der Waals surface area contributed by atoms with Gasteiger partial charge in [0, 0.05) is 21.4 Å². The van der Waals surface area contributed by atoms with Crippen LogP contribution in [0.2, 0.25) is 0 Å². The molecule has 27 heavy (non-hydrogen) atoms. The first-order chi connectivity index (χ1) is 13.0. The van der Waals surface area contributed by atoms with E-state index in [1.807, 2.05) is 30.3 Å². The smallest absolute Gasteiger partial charge is 0.170 e. The van der Waals surface area contributed by atoms with Gasteiger partial charge in [-0.25, -0.2) is 0 Å². The highest BCUT2D eigenvalue weighted by molar-refractivity contribution is 7.99. The van der Waals surface area contributed by atoms with E-state index in [0.29, 0.717) is 6.54 Å². The number of hydrogen-bond acceptors (Lipinski definition) is 5. The van der Waals surface area contributed by atoms with Gasteiger partial charge in [0.15, 0.2) is 5.69 Å². The maximum Gasteiger partial charge on any atom is 0.170 e. The lowest BCUT2D eigenvalue weighted by Gasteiger charge is -2.34. The molecule has 1 atom stereocenters. The van der Waals surface area contributed by atoms with Crippen LogP contribution in [0.25, 0.3) is 0 Å². The van der Waals surface area contributed by atoms with Crippen molar-refractivity contribution in [3.05, 3.63) is 52.2 Å². The molecule has 0 radical (unpaired) electrons. The predicted octanol–water partition coefficient (Wildman–Crippen LogP) is 4.38. The Bertz CT molecular complexity index is 924. The molecule has 4 rings (SSSR count). The molecule has 2 aromatic rings. The van der Waals surface area contributed by atoms with Gasteiger partial charge >= 0.3 is 0 Å². The molecule has 0 amide bonds. The summed E-state index contributed by atoms with van der Waals surface area (Å²) in [6, 6.07) is 10.0. The number of benzene rings is 2. The minimum Gasteiger partial charge on any atom is -0.599 e. The van der Waals surface area contributed by atoms with Crippen molar-refractivity contribution in [2.24, 2.45) is 5.10 Å². The summed E-state index contributed by atoms with van der Waals surface area (Å²) in [5.74, 6) is 0.821. The molecule has 2 aromatic carbocycles. The van der Waals surface area contributed by atoms with Crippen LogP contribution in [-0.4, -0.2) is 43.9 Å². The Balaban J connectivity index is 1.81. The molecule has 142 valence electrons. The number of aryl methyl sites for hydroxylation is 1. The second-order valence-electron chi connectivity index (χ2n) is 6.97. The van der Waals surface area contributed by atoms with Gasteiger partial charge < -0.3 is 9.94 Å². The van der Waals surface area contributed by atoms with Gasteiger partial charge in [-0.1, -0.05) is 36.8 Å². The summed E-state index contributed by atoms with van der Waals surface area (Å²) >= 11 is 1.71. The quantitative estimate of drug-likeness (QED) is 0.468. The molecule has 2 aliphatic rings. The lowest BCUT2D eigenvalue weighted by Crippen LogP contribution is -2.42. The van der Waals surface area contributed by atoms with Crippen molar-refractivity contribution in [2.45, 2.75) is 30.6 Å².